The summed E-state index contributed by atoms with van der Waals surface area (Å²) in [5.74, 6) is -0.135. The minimum absolute atomic E-state index is 0.0697. The van der Waals surface area contributed by atoms with Gasteiger partial charge in [-0.1, -0.05) is 0 Å². The quantitative estimate of drug-likeness (QED) is 0.744. The van der Waals surface area contributed by atoms with Gasteiger partial charge in [-0.25, -0.2) is 0 Å². The minimum atomic E-state index is -0.135. The Balaban J connectivity index is 2.22. The Morgan fingerprint density at radius 2 is 1.95 bits per heavy atom. The Morgan fingerprint density at radius 3 is 2.60 bits per heavy atom. The Kier molecular flexibility index (Phi) is 4.20. The first-order valence-corrected chi connectivity index (χ1v) is 6.40. The monoisotopic (exact) mass is 270 g/mol. The van der Waals surface area contributed by atoms with Crippen LogP contribution < -0.4 is 16.4 Å². The lowest BCUT2D eigenvalue weighted by molar-refractivity contribution is 0.0963. The highest BCUT2D eigenvalue weighted by Crippen LogP contribution is 2.25. The summed E-state index contributed by atoms with van der Waals surface area (Å²) in [7, 11) is 1.60. The lowest BCUT2D eigenvalue weighted by Crippen LogP contribution is -2.18. The summed E-state index contributed by atoms with van der Waals surface area (Å²) in [6, 6.07) is 9.14. The van der Waals surface area contributed by atoms with Gasteiger partial charge in [0.1, 0.15) is 0 Å². The van der Waals surface area contributed by atoms with Gasteiger partial charge in [0.2, 0.25) is 0 Å². The van der Waals surface area contributed by atoms with Gasteiger partial charge in [-0.2, -0.15) is 0 Å². The summed E-state index contributed by atoms with van der Waals surface area (Å²) in [5, 5.41) is 5.91. The van der Waals surface area contributed by atoms with Crippen LogP contribution in [0.1, 0.15) is 28.9 Å². The van der Waals surface area contributed by atoms with Crippen LogP contribution in [0.5, 0.6) is 0 Å². The van der Waals surface area contributed by atoms with E-state index in [1.807, 2.05) is 19.1 Å². The molecule has 1 aromatic heterocycles. The topological polar surface area (TPSA) is 80.0 Å². The van der Waals surface area contributed by atoms with Crippen LogP contribution in [0.25, 0.3) is 0 Å². The van der Waals surface area contributed by atoms with E-state index in [-0.39, 0.29) is 11.9 Å². The van der Waals surface area contributed by atoms with Gasteiger partial charge in [-0.05, 0) is 42.8 Å². The molecular formula is C15H18N4O. The van der Waals surface area contributed by atoms with Crippen LogP contribution in [0.2, 0.25) is 0 Å². The van der Waals surface area contributed by atoms with Crippen LogP contribution in [0.4, 0.5) is 11.4 Å². The fourth-order valence-electron chi connectivity index (χ4n) is 1.94. The van der Waals surface area contributed by atoms with Crippen molar-refractivity contribution in [3.8, 4) is 0 Å². The van der Waals surface area contributed by atoms with Crippen molar-refractivity contribution in [1.82, 2.24) is 10.3 Å². The molecule has 104 valence electrons. The number of nitrogens with one attached hydrogen (secondary N) is 2. The van der Waals surface area contributed by atoms with Crippen LogP contribution in [-0.4, -0.2) is 17.9 Å². The molecule has 5 heteroatoms. The number of nitrogen functional groups attached to an aromatic ring is 1. The van der Waals surface area contributed by atoms with Crippen molar-refractivity contribution in [2.24, 2.45) is 0 Å². The molecule has 0 saturated carbocycles. The number of benzene rings is 1. The summed E-state index contributed by atoms with van der Waals surface area (Å²) in [4.78, 5) is 15.6. The molecule has 0 radical (unpaired) electrons. The van der Waals surface area contributed by atoms with E-state index in [0.29, 0.717) is 11.3 Å². The SMILES string of the molecule is CNC(=O)c1ccc(N)c(NC(C)c2ccncc2)c1. The first kappa shape index (κ1) is 13.9. The van der Waals surface area contributed by atoms with E-state index in [1.54, 1.807) is 37.6 Å². The summed E-state index contributed by atoms with van der Waals surface area (Å²) in [6.07, 6.45) is 3.50. The third kappa shape index (κ3) is 3.06. The van der Waals surface area contributed by atoms with E-state index < -0.39 is 0 Å². The van der Waals surface area contributed by atoms with Gasteiger partial charge in [0.05, 0.1) is 11.4 Å². The number of rotatable bonds is 4. The number of nitrogens with two attached hydrogens (primary N) is 1. The van der Waals surface area contributed by atoms with Crippen LogP contribution in [0.3, 0.4) is 0 Å². The van der Waals surface area contributed by atoms with Crippen molar-refractivity contribution in [2.75, 3.05) is 18.1 Å². The first-order valence-electron chi connectivity index (χ1n) is 6.40. The number of amides is 1. The average molecular weight is 270 g/mol. The molecule has 1 atom stereocenters. The number of pyridine rings is 1. The molecule has 0 aliphatic carbocycles. The summed E-state index contributed by atoms with van der Waals surface area (Å²) in [6.45, 7) is 2.03. The van der Waals surface area contributed by atoms with Crippen molar-refractivity contribution in [3.05, 3.63) is 53.9 Å². The van der Waals surface area contributed by atoms with Crippen LogP contribution in [0, 0.1) is 0 Å². The number of aromatic nitrogens is 1. The maximum absolute atomic E-state index is 11.6. The van der Waals surface area contributed by atoms with E-state index in [9.17, 15) is 4.79 Å². The fourth-order valence-corrected chi connectivity index (χ4v) is 1.94. The molecule has 20 heavy (non-hydrogen) atoms. The highest BCUT2D eigenvalue weighted by molar-refractivity contribution is 5.96. The average Bonchev–Trinajstić information content (AvgIpc) is 2.49. The van der Waals surface area contributed by atoms with Gasteiger partial charge in [-0.15, -0.1) is 0 Å². The van der Waals surface area contributed by atoms with Crippen molar-refractivity contribution in [1.29, 1.82) is 0 Å². The van der Waals surface area contributed by atoms with Gasteiger partial charge in [0, 0.05) is 31.0 Å². The molecule has 5 nitrogen and oxygen atoms in total. The van der Waals surface area contributed by atoms with Crippen LogP contribution >= 0.6 is 0 Å². The van der Waals surface area contributed by atoms with Gasteiger partial charge in [0.25, 0.3) is 5.91 Å². The Hall–Kier alpha value is -2.56. The third-order valence-electron chi connectivity index (χ3n) is 3.12. The van der Waals surface area contributed by atoms with Gasteiger partial charge < -0.3 is 16.4 Å². The molecule has 0 aliphatic rings. The predicted molar refractivity (Wildman–Crippen MR) is 80.5 cm³/mol. The largest absolute Gasteiger partial charge is 0.397 e. The van der Waals surface area contributed by atoms with Crippen molar-refractivity contribution in [3.63, 3.8) is 0 Å². The summed E-state index contributed by atoms with van der Waals surface area (Å²) >= 11 is 0. The second kappa shape index (κ2) is 6.06. The number of nitrogens with zero attached hydrogens (tertiary/aromatic N) is 1. The van der Waals surface area contributed by atoms with E-state index >= 15 is 0 Å². The lowest BCUT2D eigenvalue weighted by atomic mass is 10.1. The third-order valence-corrected chi connectivity index (χ3v) is 3.12. The fraction of sp³-hybridized carbons (Fsp3) is 0.200. The number of carbonyl (C=O) groups is 1. The molecule has 2 rings (SSSR count). The predicted octanol–water partition coefficient (Wildman–Crippen LogP) is 2.20. The second-order valence-corrected chi connectivity index (χ2v) is 4.53. The van der Waals surface area contributed by atoms with Crippen molar-refractivity contribution < 1.29 is 4.79 Å². The minimum Gasteiger partial charge on any atom is -0.397 e. The molecule has 0 aliphatic heterocycles. The van der Waals surface area contributed by atoms with Crippen LogP contribution in [0.15, 0.2) is 42.7 Å². The zero-order chi connectivity index (χ0) is 14.5. The van der Waals surface area contributed by atoms with E-state index in [4.69, 9.17) is 5.73 Å². The molecule has 1 aromatic carbocycles. The molecule has 4 N–H and O–H groups in total. The van der Waals surface area contributed by atoms with Crippen molar-refractivity contribution >= 4 is 17.3 Å². The maximum atomic E-state index is 11.6. The molecule has 0 fully saturated rings. The molecule has 1 amide bonds. The maximum Gasteiger partial charge on any atom is 0.251 e. The van der Waals surface area contributed by atoms with Gasteiger partial charge in [-0.3, -0.25) is 9.78 Å². The standard InChI is InChI=1S/C15H18N4O/c1-10(11-5-7-18-8-6-11)19-14-9-12(15(20)17-2)3-4-13(14)16/h3-10,19H,16H2,1-2H3,(H,17,20). The zero-order valence-corrected chi connectivity index (χ0v) is 11.6. The van der Waals surface area contributed by atoms with E-state index in [0.717, 1.165) is 11.3 Å². The number of anilines is 2. The lowest BCUT2D eigenvalue weighted by Gasteiger charge is -2.17. The normalized spacial score (nSPS) is 11.7. The highest BCUT2D eigenvalue weighted by atomic mass is 16.1. The molecule has 1 unspecified atom stereocenters. The van der Waals surface area contributed by atoms with Gasteiger partial charge >= 0.3 is 0 Å². The Labute approximate surface area is 118 Å². The Bertz CT molecular complexity index is 598. The Morgan fingerprint density at radius 1 is 1.25 bits per heavy atom. The smallest absolute Gasteiger partial charge is 0.251 e. The van der Waals surface area contributed by atoms with E-state index in [1.165, 1.54) is 0 Å². The molecule has 0 saturated heterocycles. The molecule has 0 bridgehead atoms. The molecule has 2 aromatic rings. The van der Waals surface area contributed by atoms with Crippen molar-refractivity contribution in [2.45, 2.75) is 13.0 Å². The van der Waals surface area contributed by atoms with Crippen LogP contribution in [-0.2, 0) is 0 Å². The first-order chi connectivity index (χ1) is 9.61. The summed E-state index contributed by atoms with van der Waals surface area (Å²) in [5.41, 5.74) is 8.98. The molecule has 1 heterocycles. The summed E-state index contributed by atoms with van der Waals surface area (Å²) < 4.78 is 0. The molecular weight excluding hydrogens is 252 g/mol. The van der Waals surface area contributed by atoms with Gasteiger partial charge in [0.15, 0.2) is 0 Å². The molecule has 0 spiro atoms. The number of hydrogen-bond acceptors (Lipinski definition) is 4. The number of hydrogen-bond donors (Lipinski definition) is 3. The number of carbonyl (C=O) groups excluding carboxylic acids is 1. The van der Waals surface area contributed by atoms with E-state index in [2.05, 4.69) is 15.6 Å². The zero-order valence-electron chi connectivity index (χ0n) is 11.6. The highest BCUT2D eigenvalue weighted by Gasteiger charge is 2.10. The second-order valence-electron chi connectivity index (χ2n) is 4.53.